The van der Waals surface area contributed by atoms with Crippen LogP contribution in [0, 0.1) is 11.8 Å². The number of H-pyrrole nitrogens is 1. The van der Waals surface area contributed by atoms with Crippen LogP contribution in [0.5, 0.6) is 0 Å². The van der Waals surface area contributed by atoms with Gasteiger partial charge < -0.3 is 26.3 Å². The van der Waals surface area contributed by atoms with Gasteiger partial charge in [-0.25, -0.2) is 4.79 Å². The van der Waals surface area contributed by atoms with Gasteiger partial charge in [0.05, 0.1) is 21.4 Å². The fourth-order valence-electron chi connectivity index (χ4n) is 6.02. The summed E-state index contributed by atoms with van der Waals surface area (Å²) in [6.07, 6.45) is 9.05. The van der Waals surface area contributed by atoms with E-state index < -0.39 is 6.03 Å². The molecule has 2 atom stereocenters. The maximum atomic E-state index is 12.9. The van der Waals surface area contributed by atoms with Gasteiger partial charge in [0.1, 0.15) is 5.69 Å². The van der Waals surface area contributed by atoms with Crippen molar-refractivity contribution in [2.75, 3.05) is 17.2 Å². The second-order valence-corrected chi connectivity index (χ2v) is 12.4. The van der Waals surface area contributed by atoms with Crippen molar-refractivity contribution in [3.8, 4) is 0 Å². The summed E-state index contributed by atoms with van der Waals surface area (Å²) < 4.78 is 0. The van der Waals surface area contributed by atoms with E-state index in [0.717, 1.165) is 50.6 Å². The van der Waals surface area contributed by atoms with Gasteiger partial charge in [0.25, 0.3) is 5.91 Å². The number of aryl methyl sites for hydroxylation is 1. The first kappa shape index (κ1) is 32.8. The molecule has 4 amide bonds. The van der Waals surface area contributed by atoms with Crippen LogP contribution in [0.15, 0.2) is 24.3 Å². The van der Waals surface area contributed by atoms with Crippen molar-refractivity contribution in [1.29, 1.82) is 0 Å². The summed E-state index contributed by atoms with van der Waals surface area (Å²) in [5.41, 5.74) is 1.82. The number of nitrogens with one attached hydrogen (secondary N) is 5. The number of amides is 4. The summed E-state index contributed by atoms with van der Waals surface area (Å²) >= 11 is 12.2. The van der Waals surface area contributed by atoms with Crippen LogP contribution in [0.2, 0.25) is 10.0 Å². The topological polar surface area (TPSA) is 115 Å². The van der Waals surface area contributed by atoms with Gasteiger partial charge in [-0.1, -0.05) is 69.8 Å². The van der Waals surface area contributed by atoms with Crippen LogP contribution in [-0.2, 0) is 11.2 Å². The van der Waals surface area contributed by atoms with E-state index in [1.54, 1.807) is 24.3 Å². The van der Waals surface area contributed by atoms with Gasteiger partial charge >= 0.3 is 6.03 Å². The molecule has 0 aliphatic heterocycles. The second-order valence-electron chi connectivity index (χ2n) is 11.6. The highest BCUT2D eigenvalue weighted by Crippen LogP contribution is 2.38. The zero-order valence-electron chi connectivity index (χ0n) is 24.7. The zero-order valence-corrected chi connectivity index (χ0v) is 26.2. The molecular weight excluding hydrogens is 561 g/mol. The lowest BCUT2D eigenvalue weighted by Crippen LogP contribution is -2.52. The summed E-state index contributed by atoms with van der Waals surface area (Å²) in [6.45, 7) is 9.22. The number of anilines is 2. The van der Waals surface area contributed by atoms with Gasteiger partial charge in [-0.2, -0.15) is 0 Å². The van der Waals surface area contributed by atoms with E-state index in [0.29, 0.717) is 53.3 Å². The third kappa shape index (κ3) is 9.67. The molecule has 0 spiro atoms. The Morgan fingerprint density at radius 1 is 0.976 bits per heavy atom. The van der Waals surface area contributed by atoms with Crippen LogP contribution in [0.4, 0.5) is 16.2 Å². The number of benzene rings is 1. The van der Waals surface area contributed by atoms with Crippen molar-refractivity contribution < 1.29 is 14.4 Å². The first-order chi connectivity index (χ1) is 19.6. The lowest BCUT2D eigenvalue weighted by molar-refractivity contribution is -0.124. The Labute approximate surface area is 254 Å². The summed E-state index contributed by atoms with van der Waals surface area (Å²) in [5, 5.41) is 12.3. The molecule has 0 radical (unpaired) electrons. The molecule has 1 aliphatic rings. The molecule has 0 saturated heterocycles. The van der Waals surface area contributed by atoms with E-state index in [1.165, 1.54) is 6.42 Å². The van der Waals surface area contributed by atoms with Crippen molar-refractivity contribution >= 4 is 52.4 Å². The van der Waals surface area contributed by atoms with Gasteiger partial charge in [0.2, 0.25) is 5.91 Å². The summed E-state index contributed by atoms with van der Waals surface area (Å²) in [6, 6.07) is 6.17. The number of hydrogen-bond donors (Lipinski definition) is 5. The van der Waals surface area contributed by atoms with Crippen LogP contribution in [0.1, 0.15) is 102 Å². The molecule has 2 aromatic rings. The van der Waals surface area contributed by atoms with Gasteiger partial charge in [0, 0.05) is 24.2 Å². The van der Waals surface area contributed by atoms with Crippen LogP contribution in [0.3, 0.4) is 0 Å². The highest BCUT2D eigenvalue weighted by atomic mass is 35.5. The Morgan fingerprint density at radius 2 is 1.66 bits per heavy atom. The summed E-state index contributed by atoms with van der Waals surface area (Å²) in [5.74, 6) is 1.15. The highest BCUT2D eigenvalue weighted by Gasteiger charge is 2.37. The maximum Gasteiger partial charge on any atom is 0.323 e. The maximum absolute atomic E-state index is 12.9. The van der Waals surface area contributed by atoms with Gasteiger partial charge in [0.15, 0.2) is 0 Å². The molecule has 1 aromatic carbocycles. The van der Waals surface area contributed by atoms with Crippen molar-refractivity contribution in [2.45, 2.75) is 97.4 Å². The van der Waals surface area contributed by atoms with Gasteiger partial charge in [-0.05, 0) is 75.0 Å². The monoisotopic (exact) mass is 605 g/mol. The average molecular weight is 607 g/mol. The van der Waals surface area contributed by atoms with Crippen molar-refractivity contribution in [1.82, 2.24) is 15.6 Å². The highest BCUT2D eigenvalue weighted by molar-refractivity contribution is 6.44. The van der Waals surface area contributed by atoms with E-state index in [9.17, 15) is 14.4 Å². The largest absolute Gasteiger partial charge is 0.353 e. The standard InChI is InChI=1S/C31H45Cl2N5O3/c1-5-22-17-25(37-30(41)36-24-13-11-12-23(32)27(24)33)28(35-22)29(40)34-15-10-8-7-9-14-26(39)38-31(6-2)18-20(3)16-21(4)19-31/h11-13,17,20-21,35H,5-10,14-16,18-19H2,1-4H3,(H,34,40)(H,38,39)(H2,36,37,41). The molecule has 3 rings (SSSR count). The van der Waals surface area contributed by atoms with E-state index >= 15 is 0 Å². The predicted octanol–water partition coefficient (Wildman–Crippen LogP) is 7.93. The Balaban J connectivity index is 1.40. The average Bonchev–Trinajstić information content (AvgIpc) is 3.32. The predicted molar refractivity (Wildman–Crippen MR) is 168 cm³/mol. The number of hydrogen-bond acceptors (Lipinski definition) is 3. The number of aromatic amines is 1. The Kier molecular flexibility index (Phi) is 12.4. The number of carbonyl (C=O) groups excluding carboxylic acids is 3. The molecule has 1 fully saturated rings. The number of aromatic nitrogens is 1. The van der Waals surface area contributed by atoms with E-state index in [2.05, 4.69) is 47.0 Å². The Morgan fingerprint density at radius 3 is 2.34 bits per heavy atom. The van der Waals surface area contributed by atoms with Crippen LogP contribution >= 0.6 is 23.2 Å². The molecule has 1 aromatic heterocycles. The SMILES string of the molecule is CCc1cc(NC(=O)Nc2cccc(Cl)c2Cl)c(C(=O)NCCCCCCC(=O)NC2(CC)CC(C)CC(C)C2)[nH]1. The number of urea groups is 1. The third-order valence-electron chi connectivity index (χ3n) is 7.91. The molecule has 2 unspecified atom stereocenters. The van der Waals surface area contributed by atoms with Crippen molar-refractivity contribution in [3.05, 3.63) is 45.7 Å². The number of unbranched alkanes of at least 4 members (excludes halogenated alkanes) is 3. The van der Waals surface area contributed by atoms with Crippen LogP contribution < -0.4 is 21.3 Å². The molecule has 1 aliphatic carbocycles. The number of halogens is 2. The first-order valence-electron chi connectivity index (χ1n) is 14.9. The fourth-order valence-corrected chi connectivity index (χ4v) is 6.37. The normalized spacial score (nSPS) is 20.3. The quantitative estimate of drug-likeness (QED) is 0.149. The van der Waals surface area contributed by atoms with Crippen molar-refractivity contribution in [3.63, 3.8) is 0 Å². The van der Waals surface area contributed by atoms with Crippen LogP contribution in [-0.4, -0.2) is 34.9 Å². The molecule has 1 heterocycles. The first-order valence-corrected chi connectivity index (χ1v) is 15.6. The molecular formula is C31H45Cl2N5O3. The van der Waals surface area contributed by atoms with Crippen LogP contribution in [0.25, 0.3) is 0 Å². The molecule has 41 heavy (non-hydrogen) atoms. The number of rotatable bonds is 13. The lowest BCUT2D eigenvalue weighted by atomic mass is 9.70. The molecule has 226 valence electrons. The molecule has 5 N–H and O–H groups in total. The van der Waals surface area contributed by atoms with E-state index in [4.69, 9.17) is 23.2 Å². The lowest BCUT2D eigenvalue weighted by Gasteiger charge is -2.43. The molecule has 8 nitrogen and oxygen atoms in total. The minimum atomic E-state index is -0.536. The third-order valence-corrected chi connectivity index (χ3v) is 8.73. The Bertz CT molecular complexity index is 1190. The number of carbonyl (C=O) groups is 3. The minimum Gasteiger partial charge on any atom is -0.353 e. The fraction of sp³-hybridized carbons (Fsp3) is 0.581. The van der Waals surface area contributed by atoms with E-state index in [1.807, 2.05) is 6.92 Å². The van der Waals surface area contributed by atoms with Gasteiger partial charge in [-0.3, -0.25) is 9.59 Å². The van der Waals surface area contributed by atoms with E-state index in [-0.39, 0.29) is 22.4 Å². The molecule has 1 saturated carbocycles. The molecule has 10 heteroatoms. The minimum absolute atomic E-state index is 0.0510. The second kappa shape index (κ2) is 15.5. The van der Waals surface area contributed by atoms with Crippen molar-refractivity contribution in [2.24, 2.45) is 11.8 Å². The zero-order chi connectivity index (χ0) is 30.0. The summed E-state index contributed by atoms with van der Waals surface area (Å²) in [7, 11) is 0. The Hall–Kier alpha value is -2.71. The van der Waals surface area contributed by atoms with Gasteiger partial charge in [-0.15, -0.1) is 0 Å². The molecule has 0 bridgehead atoms. The summed E-state index contributed by atoms with van der Waals surface area (Å²) in [4.78, 5) is 41.3. The smallest absolute Gasteiger partial charge is 0.323 e.